The first-order valence-electron chi connectivity index (χ1n) is 8.90. The Labute approximate surface area is 150 Å². The Bertz CT molecular complexity index is 779. The van der Waals surface area contributed by atoms with E-state index in [0.29, 0.717) is 6.42 Å². The summed E-state index contributed by atoms with van der Waals surface area (Å²) >= 11 is 0. The van der Waals surface area contributed by atoms with Crippen molar-refractivity contribution in [1.29, 1.82) is 0 Å². The fourth-order valence-corrected chi connectivity index (χ4v) is 4.35. The maximum Gasteiger partial charge on any atom is 0.227 e. The van der Waals surface area contributed by atoms with Gasteiger partial charge in [-0.2, -0.15) is 0 Å². The third-order valence-corrected chi connectivity index (χ3v) is 5.41. The summed E-state index contributed by atoms with van der Waals surface area (Å²) in [7, 11) is 1.68. The normalized spacial score (nSPS) is 21.6. The molecule has 1 heterocycles. The summed E-state index contributed by atoms with van der Waals surface area (Å²) in [6.07, 6.45) is 1.38. The summed E-state index contributed by atoms with van der Waals surface area (Å²) in [5, 5.41) is 0. The predicted molar refractivity (Wildman–Crippen MR) is 102 cm³/mol. The van der Waals surface area contributed by atoms with Crippen molar-refractivity contribution in [2.45, 2.75) is 51.5 Å². The lowest BCUT2D eigenvalue weighted by atomic mass is 9.65. The summed E-state index contributed by atoms with van der Waals surface area (Å²) in [6.45, 7) is 8.54. The Hall–Kier alpha value is -2.29. The van der Waals surface area contributed by atoms with Gasteiger partial charge in [-0.3, -0.25) is 4.79 Å². The molecule has 0 saturated carbocycles. The molecule has 0 unspecified atom stereocenters. The van der Waals surface area contributed by atoms with Crippen LogP contribution in [0.2, 0.25) is 0 Å². The Morgan fingerprint density at radius 1 is 1.08 bits per heavy atom. The molecule has 2 aromatic rings. The molecule has 3 heteroatoms. The lowest BCUT2D eigenvalue weighted by Gasteiger charge is -2.51. The van der Waals surface area contributed by atoms with Crippen LogP contribution >= 0.6 is 0 Å². The molecule has 1 aliphatic rings. The molecule has 1 atom stereocenters. The van der Waals surface area contributed by atoms with Crippen molar-refractivity contribution in [2.24, 2.45) is 0 Å². The van der Waals surface area contributed by atoms with E-state index in [2.05, 4.69) is 51.1 Å². The molecule has 3 nitrogen and oxygen atoms in total. The quantitative estimate of drug-likeness (QED) is 0.795. The summed E-state index contributed by atoms with van der Waals surface area (Å²) in [5.41, 5.74) is 3.08. The number of methoxy groups -OCH3 is 1. The van der Waals surface area contributed by atoms with Crippen LogP contribution in [0.25, 0.3) is 0 Å². The third kappa shape index (κ3) is 2.82. The fourth-order valence-electron chi connectivity index (χ4n) is 4.35. The van der Waals surface area contributed by atoms with Crippen molar-refractivity contribution in [3.63, 3.8) is 0 Å². The van der Waals surface area contributed by atoms with E-state index in [4.69, 9.17) is 4.74 Å². The van der Waals surface area contributed by atoms with Crippen LogP contribution in [0.5, 0.6) is 5.75 Å². The van der Waals surface area contributed by atoms with Crippen LogP contribution in [-0.4, -0.2) is 18.6 Å². The van der Waals surface area contributed by atoms with Crippen molar-refractivity contribution < 1.29 is 9.53 Å². The van der Waals surface area contributed by atoms with Crippen molar-refractivity contribution in [3.8, 4) is 5.75 Å². The monoisotopic (exact) mass is 337 g/mol. The number of hydrogen-bond acceptors (Lipinski definition) is 2. The van der Waals surface area contributed by atoms with E-state index >= 15 is 0 Å². The molecule has 1 amide bonds. The molecule has 0 N–H and O–H groups in total. The van der Waals surface area contributed by atoms with Gasteiger partial charge in [0.15, 0.2) is 0 Å². The van der Waals surface area contributed by atoms with Crippen LogP contribution in [-0.2, 0) is 10.2 Å². The Kier molecular flexibility index (Phi) is 4.36. The molecule has 0 bridgehead atoms. The lowest BCUT2D eigenvalue weighted by molar-refractivity contribution is -0.119. The Morgan fingerprint density at radius 3 is 2.32 bits per heavy atom. The van der Waals surface area contributed by atoms with E-state index in [1.165, 1.54) is 11.1 Å². The molecule has 25 heavy (non-hydrogen) atoms. The third-order valence-electron chi connectivity index (χ3n) is 5.41. The van der Waals surface area contributed by atoms with Crippen LogP contribution < -0.4 is 9.64 Å². The number of carbonyl (C=O) groups excluding carboxylic acids is 1. The average molecular weight is 337 g/mol. The van der Waals surface area contributed by atoms with E-state index in [1.54, 1.807) is 7.11 Å². The predicted octanol–water partition coefficient (Wildman–Crippen LogP) is 4.93. The van der Waals surface area contributed by atoms with E-state index in [-0.39, 0.29) is 16.9 Å². The van der Waals surface area contributed by atoms with E-state index in [0.717, 1.165) is 17.9 Å². The highest BCUT2D eigenvalue weighted by molar-refractivity contribution is 5.96. The zero-order valence-corrected chi connectivity index (χ0v) is 15.8. The summed E-state index contributed by atoms with van der Waals surface area (Å²) in [4.78, 5) is 14.7. The van der Waals surface area contributed by atoms with Crippen LogP contribution in [0.4, 0.5) is 5.69 Å². The number of anilines is 1. The Balaban J connectivity index is 2.19. The molecule has 0 aliphatic carbocycles. The molecule has 0 aromatic heterocycles. The lowest BCUT2D eigenvalue weighted by Crippen LogP contribution is -2.55. The molecule has 132 valence electrons. The molecular weight excluding hydrogens is 310 g/mol. The number of carbonyl (C=O) groups is 1. The number of fused-ring (bicyclic) bond motifs is 1. The minimum absolute atomic E-state index is 0.156. The van der Waals surface area contributed by atoms with Gasteiger partial charge in [0.25, 0.3) is 0 Å². The molecule has 0 saturated heterocycles. The maximum atomic E-state index is 12.7. The molecule has 0 fully saturated rings. The molecule has 0 radical (unpaired) electrons. The van der Waals surface area contributed by atoms with Gasteiger partial charge in [0.1, 0.15) is 5.75 Å². The molecular formula is C22H27NO2. The number of rotatable bonds is 3. The summed E-state index contributed by atoms with van der Waals surface area (Å²) in [6, 6.07) is 16.6. The zero-order valence-electron chi connectivity index (χ0n) is 15.8. The minimum atomic E-state index is -0.254. The van der Waals surface area contributed by atoms with Crippen LogP contribution in [0.3, 0.4) is 0 Å². The largest absolute Gasteiger partial charge is 0.497 e. The number of benzene rings is 2. The molecule has 1 aliphatic heterocycles. The first kappa shape index (κ1) is 17.5. The topological polar surface area (TPSA) is 29.5 Å². The number of amides is 1. The fraction of sp³-hybridized carbons (Fsp3) is 0.409. The van der Waals surface area contributed by atoms with Crippen molar-refractivity contribution in [2.75, 3.05) is 12.0 Å². The van der Waals surface area contributed by atoms with Crippen molar-refractivity contribution in [1.82, 2.24) is 0 Å². The number of nitrogens with zero attached hydrogens (tertiary/aromatic N) is 1. The first-order chi connectivity index (χ1) is 11.8. The zero-order chi connectivity index (χ0) is 18.2. The second kappa shape index (κ2) is 6.21. The highest BCUT2D eigenvalue weighted by Crippen LogP contribution is 2.50. The molecule has 3 rings (SSSR count). The van der Waals surface area contributed by atoms with Gasteiger partial charge in [-0.25, -0.2) is 0 Å². The van der Waals surface area contributed by atoms with E-state index < -0.39 is 0 Å². The first-order valence-corrected chi connectivity index (χ1v) is 8.90. The van der Waals surface area contributed by atoms with Gasteiger partial charge in [-0.05, 0) is 49.6 Å². The SMILES string of the molecule is CCC(=O)N1c2ccccc2[C@](C)(c2ccc(OC)cc2)CC1(C)C. The minimum Gasteiger partial charge on any atom is -0.497 e. The van der Waals surface area contributed by atoms with Crippen LogP contribution in [0, 0.1) is 0 Å². The number of para-hydroxylation sites is 1. The van der Waals surface area contributed by atoms with Gasteiger partial charge >= 0.3 is 0 Å². The summed E-state index contributed by atoms with van der Waals surface area (Å²) in [5.74, 6) is 1.03. The second-order valence-electron chi connectivity index (χ2n) is 7.65. The van der Waals surface area contributed by atoms with E-state index in [1.807, 2.05) is 30.0 Å². The second-order valence-corrected chi connectivity index (χ2v) is 7.65. The summed E-state index contributed by atoms with van der Waals surface area (Å²) < 4.78 is 5.31. The number of ether oxygens (including phenoxy) is 1. The van der Waals surface area contributed by atoms with E-state index in [9.17, 15) is 4.79 Å². The van der Waals surface area contributed by atoms with Crippen LogP contribution in [0.15, 0.2) is 48.5 Å². The standard InChI is InChI=1S/C22H27NO2/c1-6-20(24)23-19-10-8-7-9-18(19)22(4,15-21(23,2)3)16-11-13-17(25-5)14-12-16/h7-14H,6,15H2,1-5H3/t22-/m0/s1. The number of hydrogen-bond donors (Lipinski definition) is 0. The van der Waals surface area contributed by atoms with Gasteiger partial charge in [0.05, 0.1) is 7.11 Å². The highest BCUT2D eigenvalue weighted by Gasteiger charge is 2.47. The van der Waals surface area contributed by atoms with Crippen LogP contribution in [0.1, 0.15) is 51.7 Å². The van der Waals surface area contributed by atoms with Gasteiger partial charge < -0.3 is 9.64 Å². The smallest absolute Gasteiger partial charge is 0.227 e. The van der Waals surface area contributed by atoms with Gasteiger partial charge in [0.2, 0.25) is 5.91 Å². The van der Waals surface area contributed by atoms with Gasteiger partial charge in [-0.1, -0.05) is 44.2 Å². The van der Waals surface area contributed by atoms with Crippen molar-refractivity contribution >= 4 is 11.6 Å². The van der Waals surface area contributed by atoms with Crippen molar-refractivity contribution in [3.05, 3.63) is 59.7 Å². The molecule has 0 spiro atoms. The van der Waals surface area contributed by atoms with Gasteiger partial charge in [-0.15, -0.1) is 0 Å². The maximum absolute atomic E-state index is 12.7. The molecule has 2 aromatic carbocycles. The average Bonchev–Trinajstić information content (AvgIpc) is 2.60. The van der Waals surface area contributed by atoms with Gasteiger partial charge in [0, 0.05) is 23.1 Å². The Morgan fingerprint density at radius 2 is 1.72 bits per heavy atom. The highest BCUT2D eigenvalue weighted by atomic mass is 16.5.